The molecule has 0 aliphatic rings. The second-order valence-corrected chi connectivity index (χ2v) is 2.83. The Morgan fingerprint density at radius 2 is 1.85 bits per heavy atom. The minimum absolute atomic E-state index is 0.301. The van der Waals surface area contributed by atoms with Crippen LogP contribution in [0, 0.1) is 11.3 Å². The summed E-state index contributed by atoms with van der Waals surface area (Å²) in [5, 5.41) is 26.6. The minimum Gasteiger partial charge on any atom is -0.389 e. The SMILES string of the molecule is N#CC(O)C(O)Cc1ccccc1. The molecule has 1 aromatic carbocycles. The number of nitriles is 1. The minimum atomic E-state index is -1.31. The predicted octanol–water partition coefficient (Wildman–Crippen LogP) is 0.474. The first-order valence-corrected chi connectivity index (χ1v) is 4.03. The molecule has 0 radical (unpaired) electrons. The molecule has 68 valence electrons. The average Bonchev–Trinajstić information content (AvgIpc) is 2.18. The molecular weight excluding hydrogens is 166 g/mol. The molecule has 2 unspecified atom stereocenters. The Hall–Kier alpha value is -1.37. The summed E-state index contributed by atoms with van der Waals surface area (Å²) < 4.78 is 0. The monoisotopic (exact) mass is 177 g/mol. The van der Waals surface area contributed by atoms with Crippen molar-refractivity contribution in [3.05, 3.63) is 35.9 Å². The van der Waals surface area contributed by atoms with Crippen LogP contribution in [0.5, 0.6) is 0 Å². The van der Waals surface area contributed by atoms with Crippen molar-refractivity contribution in [3.63, 3.8) is 0 Å². The van der Waals surface area contributed by atoms with Gasteiger partial charge in [0.25, 0.3) is 0 Å². The number of nitrogens with zero attached hydrogens (tertiary/aromatic N) is 1. The van der Waals surface area contributed by atoms with E-state index in [9.17, 15) is 5.11 Å². The summed E-state index contributed by atoms with van der Waals surface area (Å²) in [7, 11) is 0. The van der Waals surface area contributed by atoms with Crippen LogP contribution in [0.3, 0.4) is 0 Å². The van der Waals surface area contributed by atoms with Gasteiger partial charge in [-0.25, -0.2) is 0 Å². The summed E-state index contributed by atoms with van der Waals surface area (Å²) in [5.41, 5.74) is 0.907. The third kappa shape index (κ3) is 2.86. The van der Waals surface area contributed by atoms with Gasteiger partial charge in [0, 0.05) is 6.42 Å². The van der Waals surface area contributed by atoms with E-state index < -0.39 is 12.2 Å². The van der Waals surface area contributed by atoms with Crippen LogP contribution in [-0.2, 0) is 6.42 Å². The Kier molecular flexibility index (Phi) is 3.44. The molecule has 0 heterocycles. The molecule has 0 aromatic heterocycles. The fraction of sp³-hybridized carbons (Fsp3) is 0.300. The molecule has 0 aliphatic carbocycles. The van der Waals surface area contributed by atoms with Crippen LogP contribution < -0.4 is 0 Å². The van der Waals surface area contributed by atoms with E-state index >= 15 is 0 Å². The van der Waals surface area contributed by atoms with Crippen molar-refractivity contribution in [1.82, 2.24) is 0 Å². The lowest BCUT2D eigenvalue weighted by molar-refractivity contribution is 0.0537. The first-order chi connectivity index (χ1) is 6.24. The van der Waals surface area contributed by atoms with Crippen molar-refractivity contribution >= 4 is 0 Å². The van der Waals surface area contributed by atoms with E-state index in [1.807, 2.05) is 30.3 Å². The van der Waals surface area contributed by atoms with Crippen LogP contribution in [0.1, 0.15) is 5.56 Å². The fourth-order valence-corrected chi connectivity index (χ4v) is 1.05. The number of hydrogen-bond acceptors (Lipinski definition) is 3. The molecule has 3 heteroatoms. The maximum absolute atomic E-state index is 9.30. The summed E-state index contributed by atoms with van der Waals surface area (Å²) in [6.45, 7) is 0. The van der Waals surface area contributed by atoms with Gasteiger partial charge in [-0.15, -0.1) is 0 Å². The lowest BCUT2D eigenvalue weighted by Crippen LogP contribution is -2.26. The quantitative estimate of drug-likeness (QED) is 0.660. The van der Waals surface area contributed by atoms with Gasteiger partial charge in [-0.2, -0.15) is 5.26 Å². The maximum atomic E-state index is 9.30. The Labute approximate surface area is 76.9 Å². The van der Waals surface area contributed by atoms with E-state index in [1.54, 1.807) is 6.07 Å². The molecule has 0 aliphatic heterocycles. The third-order valence-electron chi connectivity index (χ3n) is 1.78. The molecule has 0 saturated carbocycles. The van der Waals surface area contributed by atoms with Crippen LogP contribution in [0.15, 0.2) is 30.3 Å². The molecule has 13 heavy (non-hydrogen) atoms. The predicted molar refractivity (Wildman–Crippen MR) is 47.8 cm³/mol. The molecule has 0 saturated heterocycles. The zero-order chi connectivity index (χ0) is 9.68. The van der Waals surface area contributed by atoms with Gasteiger partial charge in [-0.1, -0.05) is 30.3 Å². The molecule has 3 nitrogen and oxygen atoms in total. The van der Waals surface area contributed by atoms with E-state index in [0.29, 0.717) is 6.42 Å². The number of hydrogen-bond donors (Lipinski definition) is 2. The highest BCUT2D eigenvalue weighted by Gasteiger charge is 2.14. The van der Waals surface area contributed by atoms with Crippen molar-refractivity contribution in [2.45, 2.75) is 18.6 Å². The lowest BCUT2D eigenvalue weighted by atomic mass is 10.0. The third-order valence-corrected chi connectivity index (χ3v) is 1.78. The Morgan fingerprint density at radius 1 is 1.23 bits per heavy atom. The molecule has 0 amide bonds. The number of benzene rings is 1. The molecular formula is C10H11NO2. The van der Waals surface area contributed by atoms with Crippen molar-refractivity contribution in [1.29, 1.82) is 5.26 Å². The van der Waals surface area contributed by atoms with Crippen LogP contribution in [0.25, 0.3) is 0 Å². The zero-order valence-electron chi connectivity index (χ0n) is 7.09. The molecule has 0 spiro atoms. The highest BCUT2D eigenvalue weighted by Crippen LogP contribution is 2.05. The van der Waals surface area contributed by atoms with Crippen LogP contribution in [0.4, 0.5) is 0 Å². The Morgan fingerprint density at radius 3 is 2.38 bits per heavy atom. The lowest BCUT2D eigenvalue weighted by Gasteiger charge is -2.10. The van der Waals surface area contributed by atoms with Gasteiger partial charge in [0.15, 0.2) is 6.10 Å². The topological polar surface area (TPSA) is 64.2 Å². The Balaban J connectivity index is 2.56. The highest BCUT2D eigenvalue weighted by atomic mass is 16.3. The van der Waals surface area contributed by atoms with Gasteiger partial charge >= 0.3 is 0 Å². The molecule has 2 N–H and O–H groups in total. The van der Waals surface area contributed by atoms with E-state index in [4.69, 9.17) is 10.4 Å². The van der Waals surface area contributed by atoms with E-state index in [0.717, 1.165) is 5.56 Å². The Bertz CT molecular complexity index is 292. The summed E-state index contributed by atoms with van der Waals surface area (Å²) in [6, 6.07) is 10.8. The molecule has 0 bridgehead atoms. The summed E-state index contributed by atoms with van der Waals surface area (Å²) in [5.74, 6) is 0. The van der Waals surface area contributed by atoms with Crippen molar-refractivity contribution in [2.75, 3.05) is 0 Å². The average molecular weight is 177 g/mol. The van der Waals surface area contributed by atoms with Gasteiger partial charge < -0.3 is 10.2 Å². The van der Waals surface area contributed by atoms with Crippen LogP contribution in [-0.4, -0.2) is 22.4 Å². The largest absolute Gasteiger partial charge is 0.389 e. The van der Waals surface area contributed by atoms with E-state index in [2.05, 4.69) is 0 Å². The normalized spacial score (nSPS) is 14.5. The highest BCUT2D eigenvalue weighted by molar-refractivity contribution is 5.16. The zero-order valence-corrected chi connectivity index (χ0v) is 7.09. The second kappa shape index (κ2) is 4.61. The van der Waals surface area contributed by atoms with Crippen LogP contribution in [0.2, 0.25) is 0 Å². The summed E-state index contributed by atoms with van der Waals surface area (Å²) >= 11 is 0. The standard InChI is InChI=1S/C10H11NO2/c11-7-10(13)9(12)6-8-4-2-1-3-5-8/h1-5,9-10,12-13H,6H2. The smallest absolute Gasteiger partial charge is 0.166 e. The van der Waals surface area contributed by atoms with Crippen molar-refractivity contribution < 1.29 is 10.2 Å². The number of rotatable bonds is 3. The molecule has 0 fully saturated rings. The second-order valence-electron chi connectivity index (χ2n) is 2.83. The molecule has 1 rings (SSSR count). The fourth-order valence-electron chi connectivity index (χ4n) is 1.05. The van der Waals surface area contributed by atoms with Crippen molar-refractivity contribution in [3.8, 4) is 6.07 Å². The summed E-state index contributed by atoms with van der Waals surface area (Å²) in [4.78, 5) is 0. The summed E-state index contributed by atoms with van der Waals surface area (Å²) in [6.07, 6.45) is -2.01. The van der Waals surface area contributed by atoms with Gasteiger partial charge in [0.2, 0.25) is 0 Å². The van der Waals surface area contributed by atoms with Gasteiger partial charge in [0.1, 0.15) is 0 Å². The number of aliphatic hydroxyl groups excluding tert-OH is 2. The first-order valence-electron chi connectivity index (χ1n) is 4.03. The van der Waals surface area contributed by atoms with E-state index in [1.165, 1.54) is 0 Å². The first kappa shape index (κ1) is 9.72. The number of aliphatic hydroxyl groups is 2. The van der Waals surface area contributed by atoms with E-state index in [-0.39, 0.29) is 0 Å². The maximum Gasteiger partial charge on any atom is 0.166 e. The molecule has 2 atom stereocenters. The van der Waals surface area contributed by atoms with Gasteiger partial charge in [-0.05, 0) is 5.56 Å². The van der Waals surface area contributed by atoms with Gasteiger partial charge in [-0.3, -0.25) is 0 Å². The molecule has 1 aromatic rings. The van der Waals surface area contributed by atoms with Gasteiger partial charge in [0.05, 0.1) is 12.2 Å². The van der Waals surface area contributed by atoms with Crippen molar-refractivity contribution in [2.24, 2.45) is 0 Å². The van der Waals surface area contributed by atoms with Crippen LogP contribution >= 0.6 is 0 Å².